The average Bonchev–Trinajstić information content (AvgIpc) is 2.84. The lowest BCUT2D eigenvalue weighted by Gasteiger charge is -2.22. The quantitative estimate of drug-likeness (QED) is 0.472. The molecule has 5 nitrogen and oxygen atoms in total. The molecule has 0 atom stereocenters. The van der Waals surface area contributed by atoms with E-state index in [2.05, 4.69) is 0 Å². The molecular weight excluding hydrogens is 279 g/mol. The van der Waals surface area contributed by atoms with E-state index in [9.17, 15) is 14.4 Å². The third-order valence-corrected chi connectivity index (χ3v) is 4.44. The molecule has 0 spiro atoms. The molecule has 2 fully saturated rings. The molecule has 1 aromatic rings. The first kappa shape index (κ1) is 13.1. The van der Waals surface area contributed by atoms with Crippen molar-refractivity contribution >= 4 is 35.3 Å². The number of benzene rings is 1. The van der Waals surface area contributed by atoms with Crippen molar-refractivity contribution in [3.05, 3.63) is 35.6 Å². The van der Waals surface area contributed by atoms with Gasteiger partial charge in [-0.1, -0.05) is 29.5 Å². The van der Waals surface area contributed by atoms with Gasteiger partial charge in [-0.25, -0.2) is 0 Å². The molecule has 2 heterocycles. The smallest absolute Gasteiger partial charge is 0.607 e. The predicted octanol–water partition coefficient (Wildman–Crippen LogP) is 2.24. The van der Waals surface area contributed by atoms with Gasteiger partial charge in [0.05, 0.1) is 0 Å². The Hall–Kier alpha value is -1.89. The zero-order chi connectivity index (χ0) is 14.3. The third kappa shape index (κ3) is 2.08. The average molecular weight is 290 g/mol. The van der Waals surface area contributed by atoms with E-state index in [0.717, 1.165) is 22.2 Å². The largest absolute Gasteiger partial charge is 0.633 e. The molecular formula is C13H11BO5S. The summed E-state index contributed by atoms with van der Waals surface area (Å²) in [5.74, 6) is -0.555. The number of carbonyl (C=O) groups is 3. The van der Waals surface area contributed by atoms with E-state index in [4.69, 9.17) is 9.31 Å². The van der Waals surface area contributed by atoms with Crippen LogP contribution < -0.4 is 0 Å². The summed E-state index contributed by atoms with van der Waals surface area (Å²) in [5.41, 5.74) is 1.08. The topological polar surface area (TPSA) is 69.7 Å². The highest BCUT2D eigenvalue weighted by Gasteiger charge is 2.69. The van der Waals surface area contributed by atoms with Crippen molar-refractivity contribution in [3.8, 4) is 0 Å². The number of aryl methyl sites for hydroxylation is 1. The molecule has 0 saturated carbocycles. The Bertz CT molecular complexity index is 577. The summed E-state index contributed by atoms with van der Waals surface area (Å²) in [6, 6.07) is 7.37. The first-order valence-corrected chi connectivity index (χ1v) is 7.03. The standard InChI is InChI=1S/C13H11BO5S/c1-8-2-4-10(5-3-8)20-13(17)14-9(6-11(15)18-14)7-12(16)19-14/h2-5H,6-7H2,1H3. The lowest BCUT2D eigenvalue weighted by molar-refractivity contribution is -0.138. The van der Waals surface area contributed by atoms with Gasteiger partial charge in [-0.05, 0) is 19.1 Å². The van der Waals surface area contributed by atoms with E-state index >= 15 is 0 Å². The molecule has 0 aliphatic carbocycles. The molecule has 3 rings (SSSR count). The Balaban J connectivity index is 1.83. The van der Waals surface area contributed by atoms with E-state index in [1.165, 1.54) is 0 Å². The molecule has 20 heavy (non-hydrogen) atoms. The number of carbonyl (C=O) groups excluding carboxylic acids is 3. The molecule has 102 valence electrons. The van der Waals surface area contributed by atoms with Crippen molar-refractivity contribution in [2.75, 3.05) is 0 Å². The molecule has 1 aromatic carbocycles. The van der Waals surface area contributed by atoms with Crippen LogP contribution in [-0.4, -0.2) is 23.5 Å². The normalized spacial score (nSPS) is 19.6. The second kappa shape index (κ2) is 4.59. The Kier molecular flexibility index (Phi) is 3.01. The van der Waals surface area contributed by atoms with Crippen LogP contribution in [0.1, 0.15) is 18.4 Å². The van der Waals surface area contributed by atoms with Gasteiger partial charge < -0.3 is 14.1 Å². The van der Waals surface area contributed by atoms with Gasteiger partial charge >= 0.3 is 18.5 Å². The molecule has 0 N–H and O–H groups in total. The van der Waals surface area contributed by atoms with Gasteiger partial charge in [0.25, 0.3) is 0 Å². The van der Waals surface area contributed by atoms with Crippen LogP contribution in [0.15, 0.2) is 29.2 Å². The first-order chi connectivity index (χ1) is 9.49. The Morgan fingerprint density at radius 3 is 2.25 bits per heavy atom. The van der Waals surface area contributed by atoms with Gasteiger partial charge in [0.15, 0.2) is 5.01 Å². The monoisotopic (exact) mass is 290 g/mol. The van der Waals surface area contributed by atoms with Crippen LogP contribution in [0.4, 0.5) is 4.79 Å². The van der Waals surface area contributed by atoms with Gasteiger partial charge in [0, 0.05) is 10.7 Å². The summed E-state index contributed by atoms with van der Waals surface area (Å²) in [6.45, 7) is -0.612. The van der Waals surface area contributed by atoms with E-state index in [0.29, 0.717) is 5.82 Å². The number of thioether (sulfide) groups is 1. The Morgan fingerprint density at radius 1 is 1.15 bits per heavy atom. The van der Waals surface area contributed by atoms with Crippen LogP contribution in [0.2, 0.25) is 0 Å². The van der Waals surface area contributed by atoms with Gasteiger partial charge in [0.2, 0.25) is 0 Å². The summed E-state index contributed by atoms with van der Waals surface area (Å²) in [7, 11) is 0. The van der Waals surface area contributed by atoms with Crippen LogP contribution >= 0.6 is 11.8 Å². The molecule has 0 amide bonds. The predicted molar refractivity (Wildman–Crippen MR) is 72.8 cm³/mol. The second-order valence-electron chi connectivity index (χ2n) is 4.94. The maximum atomic E-state index is 12.4. The fraction of sp³-hybridized carbons (Fsp3) is 0.231. The molecule has 7 heteroatoms. The lowest BCUT2D eigenvalue weighted by Crippen LogP contribution is -2.47. The van der Waals surface area contributed by atoms with Crippen molar-refractivity contribution in [2.45, 2.75) is 24.7 Å². The second-order valence-corrected chi connectivity index (χ2v) is 6.02. The molecule has 0 bridgehead atoms. The highest BCUT2D eigenvalue weighted by atomic mass is 32.2. The molecule has 2 aliphatic heterocycles. The van der Waals surface area contributed by atoms with Gasteiger partial charge in [-0.3, -0.25) is 9.59 Å². The first-order valence-electron chi connectivity index (χ1n) is 6.21. The van der Waals surface area contributed by atoms with Crippen molar-refractivity contribution in [1.82, 2.24) is 0 Å². The van der Waals surface area contributed by atoms with E-state index < -0.39 is 23.5 Å². The van der Waals surface area contributed by atoms with Crippen LogP contribution in [0.25, 0.3) is 0 Å². The van der Waals surface area contributed by atoms with Crippen molar-refractivity contribution in [1.29, 1.82) is 0 Å². The molecule has 0 unspecified atom stereocenters. The maximum absolute atomic E-state index is 12.4. The minimum absolute atomic E-state index is 0.00800. The molecule has 0 radical (unpaired) electrons. The maximum Gasteiger partial charge on any atom is 0.633 e. The number of hydrogen-bond acceptors (Lipinski definition) is 6. The summed E-state index contributed by atoms with van der Waals surface area (Å²) in [6.07, 6.45) is -0.0160. The van der Waals surface area contributed by atoms with Crippen LogP contribution in [-0.2, 0) is 18.9 Å². The lowest BCUT2D eigenvalue weighted by atomic mass is 9.50. The SMILES string of the molecule is Cc1ccc(SC(=O)[B-]23OC(=O)C[C+]2CC(=O)O3)cc1. The van der Waals surface area contributed by atoms with E-state index in [1.54, 1.807) is 12.1 Å². The van der Waals surface area contributed by atoms with Gasteiger partial charge in [-0.2, -0.15) is 0 Å². The molecule has 0 aromatic heterocycles. The molecule has 2 aliphatic rings. The Labute approximate surface area is 120 Å². The van der Waals surface area contributed by atoms with E-state index in [1.807, 2.05) is 19.1 Å². The highest BCUT2D eigenvalue weighted by molar-refractivity contribution is 8.17. The van der Waals surface area contributed by atoms with Crippen LogP contribution in [0, 0.1) is 12.7 Å². The van der Waals surface area contributed by atoms with Crippen molar-refractivity contribution in [3.63, 3.8) is 0 Å². The fourth-order valence-electron chi connectivity index (χ4n) is 2.41. The highest BCUT2D eigenvalue weighted by Crippen LogP contribution is 2.44. The zero-order valence-corrected chi connectivity index (χ0v) is 11.6. The van der Waals surface area contributed by atoms with Crippen molar-refractivity contribution in [2.24, 2.45) is 0 Å². The molecule has 2 saturated heterocycles. The van der Waals surface area contributed by atoms with E-state index in [-0.39, 0.29) is 12.8 Å². The number of hydrogen-bond donors (Lipinski definition) is 0. The van der Waals surface area contributed by atoms with Crippen molar-refractivity contribution < 1.29 is 23.7 Å². The number of fused-ring (bicyclic) bond motifs is 1. The van der Waals surface area contributed by atoms with Gasteiger partial charge in [0.1, 0.15) is 12.8 Å². The van der Waals surface area contributed by atoms with Gasteiger partial charge in [-0.15, -0.1) is 0 Å². The van der Waals surface area contributed by atoms with Crippen LogP contribution in [0.5, 0.6) is 0 Å². The minimum Gasteiger partial charge on any atom is -0.607 e. The summed E-state index contributed by atoms with van der Waals surface area (Å²) >= 11 is 0.934. The third-order valence-electron chi connectivity index (χ3n) is 3.42. The van der Waals surface area contributed by atoms with Crippen LogP contribution in [0.3, 0.4) is 0 Å². The summed E-state index contributed by atoms with van der Waals surface area (Å²) in [4.78, 5) is 35.9. The summed E-state index contributed by atoms with van der Waals surface area (Å²) < 4.78 is 10.1. The Morgan fingerprint density at radius 2 is 1.70 bits per heavy atom. The minimum atomic E-state index is -2.56. The number of rotatable bonds is 2. The zero-order valence-electron chi connectivity index (χ0n) is 10.8. The fourth-order valence-corrected chi connectivity index (χ4v) is 3.33. The summed E-state index contributed by atoms with van der Waals surface area (Å²) in [5, 5.41) is -0.430.